The zero-order chi connectivity index (χ0) is 14.6. The van der Waals surface area contributed by atoms with Gasteiger partial charge >= 0.3 is 0 Å². The molecule has 1 atom stereocenters. The number of aryl methyl sites for hydroxylation is 1. The standard InChI is InChI=1S/C13H23N3O3S/c1-3-4-12-14-13(19-15-12)9-16(2)7-5-11-6-8-20(17,18)10-11/h11H,3-10H2,1-2H3. The van der Waals surface area contributed by atoms with E-state index in [4.69, 9.17) is 4.52 Å². The van der Waals surface area contributed by atoms with E-state index in [0.717, 1.165) is 38.1 Å². The second kappa shape index (κ2) is 6.67. The van der Waals surface area contributed by atoms with Gasteiger partial charge in [0.15, 0.2) is 15.7 Å². The molecule has 0 radical (unpaired) electrons. The van der Waals surface area contributed by atoms with Crippen LogP contribution in [0.3, 0.4) is 0 Å². The first-order chi connectivity index (χ1) is 9.48. The minimum Gasteiger partial charge on any atom is -0.338 e. The van der Waals surface area contributed by atoms with Crippen molar-refractivity contribution in [1.29, 1.82) is 0 Å². The molecule has 1 aliphatic heterocycles. The molecule has 2 heterocycles. The third-order valence-corrected chi connectivity index (χ3v) is 5.47. The van der Waals surface area contributed by atoms with Gasteiger partial charge in [-0.05, 0) is 38.8 Å². The maximum absolute atomic E-state index is 11.4. The van der Waals surface area contributed by atoms with E-state index in [-0.39, 0.29) is 0 Å². The Morgan fingerprint density at radius 2 is 2.25 bits per heavy atom. The summed E-state index contributed by atoms with van der Waals surface area (Å²) in [6.45, 7) is 3.56. The van der Waals surface area contributed by atoms with Crippen LogP contribution in [-0.2, 0) is 22.8 Å². The number of hydrogen-bond donors (Lipinski definition) is 0. The van der Waals surface area contributed by atoms with Crippen molar-refractivity contribution < 1.29 is 12.9 Å². The van der Waals surface area contributed by atoms with Gasteiger partial charge in [0, 0.05) is 6.42 Å². The van der Waals surface area contributed by atoms with E-state index >= 15 is 0 Å². The van der Waals surface area contributed by atoms with Gasteiger partial charge in [-0.3, -0.25) is 4.90 Å². The van der Waals surface area contributed by atoms with Gasteiger partial charge < -0.3 is 4.52 Å². The monoisotopic (exact) mass is 301 g/mol. The Balaban J connectivity index is 1.73. The van der Waals surface area contributed by atoms with Gasteiger partial charge in [-0.2, -0.15) is 4.98 Å². The van der Waals surface area contributed by atoms with Gasteiger partial charge in [0.2, 0.25) is 5.89 Å². The Morgan fingerprint density at radius 3 is 2.90 bits per heavy atom. The molecule has 2 rings (SSSR count). The predicted molar refractivity (Wildman–Crippen MR) is 76.0 cm³/mol. The fraction of sp³-hybridized carbons (Fsp3) is 0.846. The fourth-order valence-electron chi connectivity index (χ4n) is 2.49. The summed E-state index contributed by atoms with van der Waals surface area (Å²) in [5.74, 6) is 2.40. The van der Waals surface area contributed by atoms with Gasteiger partial charge in [0.05, 0.1) is 18.1 Å². The molecule has 0 saturated carbocycles. The molecule has 1 unspecified atom stereocenters. The van der Waals surface area contributed by atoms with Crippen molar-refractivity contribution in [2.75, 3.05) is 25.1 Å². The van der Waals surface area contributed by atoms with Crippen LogP contribution in [0.4, 0.5) is 0 Å². The van der Waals surface area contributed by atoms with Crippen LogP contribution in [0.2, 0.25) is 0 Å². The Hall–Kier alpha value is -0.950. The molecule has 7 heteroatoms. The first kappa shape index (κ1) is 15.4. The number of hydrogen-bond acceptors (Lipinski definition) is 6. The van der Waals surface area contributed by atoms with Crippen LogP contribution in [0.25, 0.3) is 0 Å². The first-order valence-electron chi connectivity index (χ1n) is 7.19. The third-order valence-electron chi connectivity index (χ3n) is 3.63. The van der Waals surface area contributed by atoms with E-state index in [2.05, 4.69) is 22.0 Å². The van der Waals surface area contributed by atoms with Gasteiger partial charge in [0.25, 0.3) is 0 Å². The van der Waals surface area contributed by atoms with E-state index < -0.39 is 9.84 Å². The lowest BCUT2D eigenvalue weighted by molar-refractivity contribution is 0.253. The van der Waals surface area contributed by atoms with Crippen molar-refractivity contribution in [3.05, 3.63) is 11.7 Å². The molecule has 20 heavy (non-hydrogen) atoms. The molecule has 0 aliphatic carbocycles. The highest BCUT2D eigenvalue weighted by molar-refractivity contribution is 7.91. The summed E-state index contributed by atoms with van der Waals surface area (Å²) in [7, 11) is -0.771. The number of aromatic nitrogens is 2. The summed E-state index contributed by atoms with van der Waals surface area (Å²) in [5, 5.41) is 3.92. The zero-order valence-electron chi connectivity index (χ0n) is 12.2. The minimum atomic E-state index is -2.76. The van der Waals surface area contributed by atoms with Crippen LogP contribution in [-0.4, -0.2) is 48.6 Å². The summed E-state index contributed by atoms with van der Waals surface area (Å²) in [6, 6.07) is 0. The summed E-state index contributed by atoms with van der Waals surface area (Å²) >= 11 is 0. The molecular formula is C13H23N3O3S. The van der Waals surface area contributed by atoms with Gasteiger partial charge in [-0.25, -0.2) is 8.42 Å². The smallest absolute Gasteiger partial charge is 0.240 e. The summed E-state index contributed by atoms with van der Waals surface area (Å²) in [5.41, 5.74) is 0. The van der Waals surface area contributed by atoms with E-state index in [0.29, 0.717) is 29.9 Å². The highest BCUT2D eigenvalue weighted by atomic mass is 32.2. The fourth-order valence-corrected chi connectivity index (χ4v) is 4.40. The summed E-state index contributed by atoms with van der Waals surface area (Å²) < 4.78 is 28.0. The van der Waals surface area contributed by atoms with Crippen LogP contribution >= 0.6 is 0 Å². The SMILES string of the molecule is CCCc1noc(CN(C)CCC2CCS(=O)(=O)C2)n1. The van der Waals surface area contributed by atoms with Gasteiger partial charge in [-0.15, -0.1) is 0 Å². The van der Waals surface area contributed by atoms with Gasteiger partial charge in [0.1, 0.15) is 0 Å². The molecule has 1 fully saturated rings. The van der Waals surface area contributed by atoms with Crippen LogP contribution in [0, 0.1) is 5.92 Å². The van der Waals surface area contributed by atoms with Crippen LogP contribution in [0.5, 0.6) is 0 Å². The topological polar surface area (TPSA) is 76.3 Å². The van der Waals surface area contributed by atoms with Crippen LogP contribution in [0.15, 0.2) is 4.52 Å². The quantitative estimate of drug-likeness (QED) is 0.755. The minimum absolute atomic E-state index is 0.306. The Labute approximate surface area is 120 Å². The second-order valence-corrected chi connectivity index (χ2v) is 7.88. The van der Waals surface area contributed by atoms with E-state index in [1.807, 2.05) is 7.05 Å². The molecule has 0 amide bonds. The molecule has 0 N–H and O–H groups in total. The van der Waals surface area contributed by atoms with Gasteiger partial charge in [-0.1, -0.05) is 12.1 Å². The second-order valence-electron chi connectivity index (χ2n) is 5.65. The van der Waals surface area contributed by atoms with E-state index in [1.165, 1.54) is 0 Å². The first-order valence-corrected chi connectivity index (χ1v) is 9.01. The molecule has 6 nitrogen and oxygen atoms in total. The average molecular weight is 301 g/mol. The van der Waals surface area contributed by atoms with Crippen molar-refractivity contribution >= 4 is 9.84 Å². The molecule has 0 bridgehead atoms. The van der Waals surface area contributed by atoms with Crippen molar-refractivity contribution in [3.8, 4) is 0 Å². The van der Waals surface area contributed by atoms with Crippen LogP contribution < -0.4 is 0 Å². The molecule has 0 spiro atoms. The largest absolute Gasteiger partial charge is 0.338 e. The number of rotatable bonds is 7. The molecule has 114 valence electrons. The van der Waals surface area contributed by atoms with Crippen molar-refractivity contribution in [2.45, 2.75) is 39.2 Å². The third kappa shape index (κ3) is 4.56. The number of nitrogens with zero attached hydrogens (tertiary/aromatic N) is 3. The highest BCUT2D eigenvalue weighted by Crippen LogP contribution is 2.21. The van der Waals surface area contributed by atoms with Crippen molar-refractivity contribution in [1.82, 2.24) is 15.0 Å². The molecule has 1 aromatic heterocycles. The lowest BCUT2D eigenvalue weighted by Crippen LogP contribution is -2.22. The zero-order valence-corrected chi connectivity index (χ0v) is 13.0. The molecule has 0 aromatic carbocycles. The van der Waals surface area contributed by atoms with Crippen LogP contribution in [0.1, 0.15) is 37.9 Å². The lowest BCUT2D eigenvalue weighted by Gasteiger charge is -2.16. The Morgan fingerprint density at radius 1 is 1.45 bits per heavy atom. The molecule has 1 saturated heterocycles. The normalized spacial score (nSPS) is 21.6. The average Bonchev–Trinajstić information content (AvgIpc) is 2.94. The van der Waals surface area contributed by atoms with Crippen molar-refractivity contribution in [3.63, 3.8) is 0 Å². The van der Waals surface area contributed by atoms with E-state index in [1.54, 1.807) is 0 Å². The predicted octanol–water partition coefficient (Wildman–Crippen LogP) is 1.28. The molecule has 1 aromatic rings. The molecular weight excluding hydrogens is 278 g/mol. The van der Waals surface area contributed by atoms with E-state index in [9.17, 15) is 8.42 Å². The highest BCUT2D eigenvalue weighted by Gasteiger charge is 2.27. The maximum Gasteiger partial charge on any atom is 0.240 e. The lowest BCUT2D eigenvalue weighted by atomic mass is 10.1. The Kier molecular flexibility index (Phi) is 5.15. The number of sulfone groups is 1. The molecule has 1 aliphatic rings. The van der Waals surface area contributed by atoms with Crippen molar-refractivity contribution in [2.24, 2.45) is 5.92 Å². The summed E-state index contributed by atoms with van der Waals surface area (Å²) in [6.07, 6.45) is 3.56. The maximum atomic E-state index is 11.4. The Bertz CT molecular complexity index is 527. The summed E-state index contributed by atoms with van der Waals surface area (Å²) in [4.78, 5) is 6.43.